The Morgan fingerprint density at radius 2 is 1.94 bits per heavy atom. The number of nitrogens with zero attached hydrogens (tertiary/aromatic N) is 1. The zero-order valence-electron chi connectivity index (χ0n) is 9.84. The Kier molecular flexibility index (Phi) is 6.15. The lowest BCUT2D eigenvalue weighted by Crippen LogP contribution is -2.03. The van der Waals surface area contributed by atoms with Crippen LogP contribution in [-0.4, -0.2) is 27.6 Å². The molecule has 1 heterocycles. The molecule has 0 unspecified atom stereocenters. The maximum Gasteiger partial charge on any atom is 0.339 e. The normalized spacial score (nSPS) is 10.0. The topological polar surface area (TPSA) is 50.2 Å². The van der Waals surface area contributed by atoms with E-state index in [9.17, 15) is 9.90 Å². The molecule has 0 aliphatic heterocycles. The highest BCUT2D eigenvalue weighted by Crippen LogP contribution is 2.35. The highest BCUT2D eigenvalue weighted by Gasteiger charge is 2.18. The minimum Gasteiger partial charge on any atom is -0.478 e. The van der Waals surface area contributed by atoms with E-state index < -0.39 is 5.97 Å². The maximum atomic E-state index is 11.4. The van der Waals surface area contributed by atoms with Crippen LogP contribution in [0.15, 0.2) is 28.6 Å². The fourth-order valence-corrected chi connectivity index (χ4v) is 3.50. The van der Waals surface area contributed by atoms with Crippen molar-refractivity contribution in [3.63, 3.8) is 0 Å². The van der Waals surface area contributed by atoms with Crippen molar-refractivity contribution in [2.75, 3.05) is 11.5 Å². The van der Waals surface area contributed by atoms with Crippen molar-refractivity contribution in [3.05, 3.63) is 34.3 Å². The summed E-state index contributed by atoms with van der Waals surface area (Å²) in [7, 11) is 0. The molecular formula is C12H15NO2S2. The SMILES string of the molecule is CCSC(SCC)=C(C(=O)O)c1ccccn1. The van der Waals surface area contributed by atoms with Crippen LogP contribution in [0.4, 0.5) is 0 Å². The number of aromatic nitrogens is 1. The van der Waals surface area contributed by atoms with Gasteiger partial charge in [0.15, 0.2) is 0 Å². The first-order chi connectivity index (χ1) is 8.20. The number of carboxylic acids is 1. The van der Waals surface area contributed by atoms with Gasteiger partial charge < -0.3 is 5.11 Å². The highest BCUT2D eigenvalue weighted by molar-refractivity contribution is 8.22. The number of aliphatic carboxylic acids is 1. The van der Waals surface area contributed by atoms with E-state index in [4.69, 9.17) is 0 Å². The van der Waals surface area contributed by atoms with Crippen molar-refractivity contribution < 1.29 is 9.90 Å². The molecule has 0 atom stereocenters. The van der Waals surface area contributed by atoms with Crippen LogP contribution in [0.25, 0.3) is 5.57 Å². The van der Waals surface area contributed by atoms with Gasteiger partial charge in [-0.1, -0.05) is 19.9 Å². The molecule has 0 fully saturated rings. The van der Waals surface area contributed by atoms with E-state index in [1.54, 1.807) is 47.9 Å². The molecule has 0 bridgehead atoms. The average molecular weight is 269 g/mol. The fourth-order valence-electron chi connectivity index (χ4n) is 1.26. The summed E-state index contributed by atoms with van der Waals surface area (Å²) in [6, 6.07) is 5.31. The van der Waals surface area contributed by atoms with Crippen LogP contribution in [0.5, 0.6) is 0 Å². The second kappa shape index (κ2) is 7.40. The van der Waals surface area contributed by atoms with Gasteiger partial charge in [-0.2, -0.15) is 0 Å². The molecule has 5 heteroatoms. The van der Waals surface area contributed by atoms with Crippen molar-refractivity contribution in [1.82, 2.24) is 4.98 Å². The summed E-state index contributed by atoms with van der Waals surface area (Å²) in [6.45, 7) is 4.03. The number of carbonyl (C=O) groups is 1. The molecule has 0 radical (unpaired) electrons. The van der Waals surface area contributed by atoms with Crippen molar-refractivity contribution >= 4 is 35.1 Å². The standard InChI is InChI=1S/C12H15NO2S2/c1-3-16-12(17-4-2)10(11(14)15)9-7-5-6-8-13-9/h5-8H,3-4H2,1-2H3,(H,14,15). The van der Waals surface area contributed by atoms with E-state index >= 15 is 0 Å². The smallest absolute Gasteiger partial charge is 0.339 e. The zero-order chi connectivity index (χ0) is 12.7. The number of carboxylic acid groups (broad SMARTS) is 1. The molecule has 17 heavy (non-hydrogen) atoms. The van der Waals surface area contributed by atoms with Crippen LogP contribution in [0.3, 0.4) is 0 Å². The highest BCUT2D eigenvalue weighted by atomic mass is 32.2. The Morgan fingerprint density at radius 3 is 2.35 bits per heavy atom. The Labute approximate surface area is 110 Å². The molecule has 0 saturated heterocycles. The summed E-state index contributed by atoms with van der Waals surface area (Å²) >= 11 is 3.11. The number of hydrogen-bond acceptors (Lipinski definition) is 4. The predicted molar refractivity (Wildman–Crippen MR) is 75.1 cm³/mol. The van der Waals surface area contributed by atoms with Gasteiger partial charge in [-0.15, -0.1) is 23.5 Å². The number of pyridine rings is 1. The first-order valence-corrected chi connectivity index (χ1v) is 7.32. The quantitative estimate of drug-likeness (QED) is 0.803. The predicted octanol–water partition coefficient (Wildman–Crippen LogP) is 3.34. The molecule has 1 aromatic heterocycles. The average Bonchev–Trinajstić information content (AvgIpc) is 2.31. The second-order valence-electron chi connectivity index (χ2n) is 3.05. The van der Waals surface area contributed by atoms with Crippen LogP contribution in [0.1, 0.15) is 19.5 Å². The van der Waals surface area contributed by atoms with Crippen molar-refractivity contribution in [2.24, 2.45) is 0 Å². The molecule has 0 aromatic carbocycles. The van der Waals surface area contributed by atoms with E-state index in [0.29, 0.717) is 11.3 Å². The number of thioether (sulfide) groups is 2. The molecular weight excluding hydrogens is 254 g/mol. The van der Waals surface area contributed by atoms with Gasteiger partial charge >= 0.3 is 5.97 Å². The van der Waals surface area contributed by atoms with E-state index in [2.05, 4.69) is 4.98 Å². The van der Waals surface area contributed by atoms with Gasteiger partial charge in [0.1, 0.15) is 5.57 Å². The van der Waals surface area contributed by atoms with Crippen molar-refractivity contribution in [2.45, 2.75) is 13.8 Å². The molecule has 0 aliphatic rings. The molecule has 3 nitrogen and oxygen atoms in total. The second-order valence-corrected chi connectivity index (χ2v) is 5.86. The van der Waals surface area contributed by atoms with E-state index in [1.807, 2.05) is 13.8 Å². The summed E-state index contributed by atoms with van der Waals surface area (Å²) in [4.78, 5) is 15.5. The lowest BCUT2D eigenvalue weighted by atomic mass is 10.2. The summed E-state index contributed by atoms with van der Waals surface area (Å²) in [6.07, 6.45) is 1.61. The minimum absolute atomic E-state index is 0.310. The summed E-state index contributed by atoms with van der Waals surface area (Å²) < 4.78 is 0.834. The van der Waals surface area contributed by atoms with Crippen LogP contribution in [0, 0.1) is 0 Å². The minimum atomic E-state index is -0.916. The Morgan fingerprint density at radius 1 is 1.29 bits per heavy atom. The molecule has 1 N–H and O–H groups in total. The third kappa shape index (κ3) is 4.09. The molecule has 0 amide bonds. The summed E-state index contributed by atoms with van der Waals surface area (Å²) in [5.41, 5.74) is 0.834. The molecule has 1 aromatic rings. The van der Waals surface area contributed by atoms with Crippen LogP contribution >= 0.6 is 23.5 Å². The molecule has 1 rings (SSSR count). The van der Waals surface area contributed by atoms with Crippen LogP contribution < -0.4 is 0 Å². The Bertz CT molecular complexity index is 396. The van der Waals surface area contributed by atoms with E-state index in [-0.39, 0.29) is 0 Å². The number of hydrogen-bond donors (Lipinski definition) is 1. The van der Waals surface area contributed by atoms with Crippen molar-refractivity contribution in [1.29, 1.82) is 0 Å². The van der Waals surface area contributed by atoms with Crippen LogP contribution in [-0.2, 0) is 4.79 Å². The molecule has 0 aliphatic carbocycles. The Balaban J connectivity index is 3.21. The van der Waals surface area contributed by atoms with Gasteiger partial charge in [0, 0.05) is 6.20 Å². The largest absolute Gasteiger partial charge is 0.478 e. The van der Waals surface area contributed by atoms with Gasteiger partial charge in [0.05, 0.1) is 9.93 Å². The van der Waals surface area contributed by atoms with E-state index in [1.165, 1.54) is 0 Å². The van der Waals surface area contributed by atoms with E-state index in [0.717, 1.165) is 15.7 Å². The van der Waals surface area contributed by atoms with Crippen LogP contribution in [0.2, 0.25) is 0 Å². The van der Waals surface area contributed by atoms with Crippen molar-refractivity contribution in [3.8, 4) is 0 Å². The van der Waals surface area contributed by atoms with Gasteiger partial charge in [0.2, 0.25) is 0 Å². The van der Waals surface area contributed by atoms with Gasteiger partial charge in [-0.05, 0) is 23.6 Å². The molecule has 0 spiro atoms. The lowest BCUT2D eigenvalue weighted by Gasteiger charge is -2.09. The monoisotopic (exact) mass is 269 g/mol. The van der Waals surface area contributed by atoms with Gasteiger partial charge in [-0.25, -0.2) is 4.79 Å². The number of rotatable bonds is 6. The first kappa shape index (κ1) is 14.1. The third-order valence-corrected chi connectivity index (χ3v) is 4.11. The third-order valence-electron chi connectivity index (χ3n) is 1.89. The first-order valence-electron chi connectivity index (χ1n) is 5.35. The fraction of sp³-hybridized carbons (Fsp3) is 0.333. The zero-order valence-corrected chi connectivity index (χ0v) is 11.5. The maximum absolute atomic E-state index is 11.4. The molecule has 0 saturated carbocycles. The van der Waals surface area contributed by atoms with Gasteiger partial charge in [0.25, 0.3) is 0 Å². The Hall–Kier alpha value is -0.940. The lowest BCUT2D eigenvalue weighted by molar-refractivity contribution is -0.130. The summed E-state index contributed by atoms with van der Waals surface area (Å²) in [5, 5.41) is 9.33. The summed E-state index contributed by atoms with van der Waals surface area (Å²) in [5.74, 6) is 0.790. The molecule has 92 valence electrons. The van der Waals surface area contributed by atoms with Gasteiger partial charge in [-0.3, -0.25) is 4.98 Å².